The van der Waals surface area contributed by atoms with Crippen molar-refractivity contribution >= 4 is 45.5 Å². The van der Waals surface area contributed by atoms with Crippen LogP contribution in [0.1, 0.15) is 41.5 Å². The van der Waals surface area contributed by atoms with Crippen LogP contribution >= 0.6 is 11.3 Å². The van der Waals surface area contributed by atoms with Crippen molar-refractivity contribution in [2.24, 2.45) is 0 Å². The molecule has 0 saturated heterocycles. The first-order valence-corrected chi connectivity index (χ1v) is 9.88. The maximum Gasteiger partial charge on any atom is 0.341 e. The molecule has 8 heteroatoms. The van der Waals surface area contributed by atoms with Crippen molar-refractivity contribution in [1.29, 1.82) is 0 Å². The number of ether oxygens (including phenoxy) is 1. The summed E-state index contributed by atoms with van der Waals surface area (Å²) in [6.07, 6.45) is 0. The van der Waals surface area contributed by atoms with Crippen LogP contribution in [0, 0.1) is 13.8 Å². The van der Waals surface area contributed by atoms with Gasteiger partial charge in [-0.1, -0.05) is 23.8 Å². The van der Waals surface area contributed by atoms with E-state index in [2.05, 4.69) is 10.6 Å². The number of hydrogen-bond acceptors (Lipinski definition) is 6. The van der Waals surface area contributed by atoms with Crippen LogP contribution in [-0.2, 0) is 4.74 Å². The highest BCUT2D eigenvalue weighted by Gasteiger charge is 2.26. The highest BCUT2D eigenvalue weighted by molar-refractivity contribution is 7.19. The Hall–Kier alpha value is -3.65. The second-order valence-corrected chi connectivity index (χ2v) is 7.67. The minimum Gasteiger partial charge on any atom is -0.465 e. The summed E-state index contributed by atoms with van der Waals surface area (Å²) in [5.41, 5.74) is 8.79. The van der Waals surface area contributed by atoms with Crippen molar-refractivity contribution in [3.8, 4) is 0 Å². The normalized spacial score (nSPS) is 10.4. The van der Waals surface area contributed by atoms with E-state index in [1.165, 1.54) is 13.2 Å². The minimum absolute atomic E-state index is 0.147. The van der Waals surface area contributed by atoms with E-state index in [1.807, 2.05) is 19.1 Å². The van der Waals surface area contributed by atoms with Crippen LogP contribution in [0.4, 0.5) is 16.4 Å². The van der Waals surface area contributed by atoms with Crippen molar-refractivity contribution in [2.75, 3.05) is 23.5 Å². The molecule has 4 N–H and O–H groups in total. The SMILES string of the molecule is COC(=O)c1c(NC(=O)c2cccc(N)c2)sc(C(=O)Nc2ccc(C)cc2)c1C. The highest BCUT2D eigenvalue weighted by atomic mass is 32.1. The number of anilines is 3. The van der Waals surface area contributed by atoms with Crippen LogP contribution < -0.4 is 16.4 Å². The van der Waals surface area contributed by atoms with Crippen LogP contribution in [0.25, 0.3) is 0 Å². The van der Waals surface area contributed by atoms with Gasteiger partial charge in [-0.05, 0) is 49.7 Å². The number of methoxy groups -OCH3 is 1. The van der Waals surface area contributed by atoms with Gasteiger partial charge in [0.05, 0.1) is 17.6 Å². The first-order chi connectivity index (χ1) is 14.3. The third-order valence-corrected chi connectivity index (χ3v) is 5.63. The number of nitrogens with one attached hydrogen (secondary N) is 2. The summed E-state index contributed by atoms with van der Waals surface area (Å²) in [4.78, 5) is 38.1. The molecule has 7 nitrogen and oxygen atoms in total. The molecule has 30 heavy (non-hydrogen) atoms. The Morgan fingerprint density at radius 2 is 1.67 bits per heavy atom. The van der Waals surface area contributed by atoms with E-state index in [9.17, 15) is 14.4 Å². The number of carbonyl (C=O) groups excluding carboxylic acids is 3. The highest BCUT2D eigenvalue weighted by Crippen LogP contribution is 2.34. The van der Waals surface area contributed by atoms with Crippen LogP contribution in [-0.4, -0.2) is 24.9 Å². The van der Waals surface area contributed by atoms with Crippen molar-refractivity contribution in [3.63, 3.8) is 0 Å². The van der Waals surface area contributed by atoms with Crippen molar-refractivity contribution in [2.45, 2.75) is 13.8 Å². The van der Waals surface area contributed by atoms with E-state index in [1.54, 1.807) is 37.3 Å². The molecule has 0 aliphatic carbocycles. The second-order valence-electron chi connectivity index (χ2n) is 6.65. The number of nitrogens with two attached hydrogens (primary N) is 1. The average Bonchev–Trinajstić information content (AvgIpc) is 3.05. The van der Waals surface area contributed by atoms with E-state index < -0.39 is 11.9 Å². The molecule has 0 spiro atoms. The molecule has 0 bridgehead atoms. The van der Waals surface area contributed by atoms with Gasteiger partial charge in [-0.25, -0.2) is 4.79 Å². The van der Waals surface area contributed by atoms with Crippen LogP contribution in [0.5, 0.6) is 0 Å². The van der Waals surface area contributed by atoms with Gasteiger partial charge >= 0.3 is 5.97 Å². The standard InChI is InChI=1S/C22H21N3O4S/c1-12-7-9-16(10-8-12)24-20(27)18-13(2)17(22(28)29-3)21(30-18)25-19(26)14-5-4-6-15(23)11-14/h4-11H,23H2,1-3H3,(H,24,27)(H,25,26). The quantitative estimate of drug-likeness (QED) is 0.420. The lowest BCUT2D eigenvalue weighted by molar-refractivity contribution is 0.0601. The molecule has 154 valence electrons. The Morgan fingerprint density at radius 1 is 0.967 bits per heavy atom. The Morgan fingerprint density at radius 3 is 2.30 bits per heavy atom. The Kier molecular flexibility index (Phi) is 6.17. The van der Waals surface area contributed by atoms with Crippen LogP contribution in [0.3, 0.4) is 0 Å². The topological polar surface area (TPSA) is 111 Å². The van der Waals surface area contributed by atoms with E-state index in [-0.39, 0.29) is 16.5 Å². The summed E-state index contributed by atoms with van der Waals surface area (Å²) in [6, 6.07) is 13.8. The molecular weight excluding hydrogens is 402 g/mol. The summed E-state index contributed by atoms with van der Waals surface area (Å²) < 4.78 is 4.85. The van der Waals surface area contributed by atoms with Gasteiger partial charge in [-0.3, -0.25) is 9.59 Å². The lowest BCUT2D eigenvalue weighted by atomic mass is 10.1. The molecule has 0 aliphatic rings. The van der Waals surface area contributed by atoms with E-state index >= 15 is 0 Å². The van der Waals surface area contributed by atoms with Gasteiger partial charge in [-0.2, -0.15) is 0 Å². The van der Waals surface area contributed by atoms with E-state index in [4.69, 9.17) is 10.5 Å². The summed E-state index contributed by atoms with van der Waals surface area (Å²) in [5.74, 6) is -1.46. The molecule has 3 rings (SSSR count). The fourth-order valence-corrected chi connectivity index (χ4v) is 3.93. The smallest absolute Gasteiger partial charge is 0.341 e. The molecule has 3 aromatic rings. The molecule has 0 atom stereocenters. The number of thiophene rings is 1. The summed E-state index contributed by atoms with van der Waals surface area (Å²) in [6.45, 7) is 3.59. The molecule has 2 amide bonds. The average molecular weight is 423 g/mol. The van der Waals surface area contributed by atoms with Gasteiger partial charge < -0.3 is 21.1 Å². The summed E-state index contributed by atoms with van der Waals surface area (Å²) >= 11 is 1.01. The first-order valence-electron chi connectivity index (χ1n) is 9.06. The summed E-state index contributed by atoms with van der Waals surface area (Å²) in [5, 5.41) is 5.74. The van der Waals surface area contributed by atoms with Crippen molar-refractivity contribution in [3.05, 3.63) is 75.7 Å². The Balaban J connectivity index is 1.93. The molecule has 0 radical (unpaired) electrons. The number of esters is 1. The number of nitrogen functional groups attached to an aromatic ring is 1. The first kappa shape index (κ1) is 21.1. The zero-order chi connectivity index (χ0) is 21.8. The zero-order valence-electron chi connectivity index (χ0n) is 16.7. The van der Waals surface area contributed by atoms with Gasteiger partial charge in [-0.15, -0.1) is 11.3 Å². The number of rotatable bonds is 5. The van der Waals surface area contributed by atoms with Gasteiger partial charge in [0.1, 0.15) is 5.00 Å². The van der Waals surface area contributed by atoms with Crippen LogP contribution in [0.2, 0.25) is 0 Å². The predicted molar refractivity (Wildman–Crippen MR) is 118 cm³/mol. The number of amides is 2. The van der Waals surface area contributed by atoms with E-state index in [0.29, 0.717) is 27.4 Å². The van der Waals surface area contributed by atoms with Crippen LogP contribution in [0.15, 0.2) is 48.5 Å². The molecule has 1 aromatic heterocycles. The number of aryl methyl sites for hydroxylation is 1. The lowest BCUT2D eigenvalue weighted by Gasteiger charge is -2.06. The molecule has 2 aromatic carbocycles. The molecule has 0 fully saturated rings. The molecular formula is C22H21N3O4S. The fraction of sp³-hybridized carbons (Fsp3) is 0.136. The molecule has 1 heterocycles. The fourth-order valence-electron chi connectivity index (χ4n) is 2.85. The number of carbonyl (C=O) groups is 3. The lowest BCUT2D eigenvalue weighted by Crippen LogP contribution is -2.14. The van der Waals surface area contributed by atoms with Crippen molar-refractivity contribution < 1.29 is 19.1 Å². The maximum absolute atomic E-state index is 12.8. The van der Waals surface area contributed by atoms with Gasteiger partial charge in [0.25, 0.3) is 11.8 Å². The van der Waals surface area contributed by atoms with Gasteiger partial charge in [0, 0.05) is 16.9 Å². The summed E-state index contributed by atoms with van der Waals surface area (Å²) in [7, 11) is 1.25. The van der Waals surface area contributed by atoms with Crippen molar-refractivity contribution in [1.82, 2.24) is 0 Å². The number of benzene rings is 2. The van der Waals surface area contributed by atoms with Gasteiger partial charge in [0.15, 0.2) is 0 Å². The Labute approximate surface area is 177 Å². The predicted octanol–water partition coefficient (Wildman–Crippen LogP) is 4.24. The zero-order valence-corrected chi connectivity index (χ0v) is 17.6. The number of hydrogen-bond donors (Lipinski definition) is 3. The third-order valence-electron chi connectivity index (χ3n) is 4.43. The molecule has 0 unspecified atom stereocenters. The maximum atomic E-state index is 12.8. The van der Waals surface area contributed by atoms with E-state index in [0.717, 1.165) is 16.9 Å². The largest absolute Gasteiger partial charge is 0.465 e. The monoisotopic (exact) mass is 423 g/mol. The second kappa shape index (κ2) is 8.79. The van der Waals surface area contributed by atoms with Gasteiger partial charge in [0.2, 0.25) is 0 Å². The molecule has 0 saturated carbocycles. The molecule has 0 aliphatic heterocycles. The Bertz CT molecular complexity index is 1120. The minimum atomic E-state index is -0.638. The third kappa shape index (κ3) is 4.49.